The number of rotatable bonds is 8. The minimum absolute atomic E-state index is 0.194. The van der Waals surface area contributed by atoms with Gasteiger partial charge in [0, 0.05) is 6.07 Å². The number of methoxy groups -OCH3 is 1. The van der Waals surface area contributed by atoms with Crippen LogP contribution < -0.4 is 23.8 Å². The van der Waals surface area contributed by atoms with Crippen molar-refractivity contribution in [3.8, 4) is 17.2 Å². The molecule has 2 atom stereocenters. The summed E-state index contributed by atoms with van der Waals surface area (Å²) < 4.78 is 42.9. The highest BCUT2D eigenvalue weighted by Crippen LogP contribution is 2.31. The molecule has 1 N–H and O–H groups in total. The summed E-state index contributed by atoms with van der Waals surface area (Å²) in [7, 11) is -2.22. The van der Waals surface area contributed by atoms with Crippen LogP contribution in [-0.4, -0.2) is 53.0 Å². The fourth-order valence-corrected chi connectivity index (χ4v) is 4.51. The summed E-state index contributed by atoms with van der Waals surface area (Å²) in [6, 6.07) is 13.0. The quantitative estimate of drug-likeness (QED) is 0.685. The predicted molar refractivity (Wildman–Crippen MR) is 114 cm³/mol. The van der Waals surface area contributed by atoms with Gasteiger partial charge in [0.05, 0.1) is 25.6 Å². The standard InChI is InChI=1S/C21H26N2O6S/c1-4-18(23(30(3,25)26)15-8-7-9-16(12-15)27-2)21(24)22-13-17-14-28-19-10-5-6-11-20(19)29-17/h5-12,17-18H,4,13-14H2,1-3H3,(H,22,24)/t17-,18+/m1/s1. The SMILES string of the molecule is CC[C@@H](C(=O)NC[C@@H]1COc2ccccc2O1)N(c1cccc(OC)c1)S(C)(=O)=O. The van der Waals surface area contributed by atoms with Crippen LogP contribution >= 0.6 is 0 Å². The Morgan fingerprint density at radius 3 is 2.63 bits per heavy atom. The van der Waals surface area contributed by atoms with Crippen LogP contribution in [0.2, 0.25) is 0 Å². The first-order valence-corrected chi connectivity index (χ1v) is 11.5. The number of anilines is 1. The maximum atomic E-state index is 12.9. The molecule has 3 rings (SSSR count). The van der Waals surface area contributed by atoms with Gasteiger partial charge in [-0.3, -0.25) is 9.10 Å². The highest BCUT2D eigenvalue weighted by molar-refractivity contribution is 7.92. The predicted octanol–water partition coefficient (Wildman–Crippen LogP) is 2.20. The second-order valence-corrected chi connectivity index (χ2v) is 8.79. The maximum absolute atomic E-state index is 12.9. The first kappa shape index (κ1) is 21.8. The van der Waals surface area contributed by atoms with Crippen molar-refractivity contribution in [1.29, 1.82) is 0 Å². The Morgan fingerprint density at radius 2 is 1.97 bits per heavy atom. The van der Waals surface area contributed by atoms with Crippen LogP contribution in [-0.2, 0) is 14.8 Å². The number of para-hydroxylation sites is 2. The summed E-state index contributed by atoms with van der Waals surface area (Å²) in [5.41, 5.74) is 0.366. The van der Waals surface area contributed by atoms with Crippen molar-refractivity contribution in [3.05, 3.63) is 48.5 Å². The number of ether oxygens (including phenoxy) is 3. The van der Waals surface area contributed by atoms with Gasteiger partial charge in [-0.25, -0.2) is 8.42 Å². The van der Waals surface area contributed by atoms with Crippen LogP contribution in [0.3, 0.4) is 0 Å². The molecule has 0 radical (unpaired) electrons. The number of fused-ring (bicyclic) bond motifs is 1. The molecule has 1 aliphatic heterocycles. The Morgan fingerprint density at radius 1 is 1.23 bits per heavy atom. The zero-order valence-electron chi connectivity index (χ0n) is 17.2. The fraction of sp³-hybridized carbons (Fsp3) is 0.381. The van der Waals surface area contributed by atoms with Crippen LogP contribution in [0.25, 0.3) is 0 Å². The molecule has 1 aliphatic rings. The number of carbonyl (C=O) groups excluding carboxylic acids is 1. The normalized spacial score (nSPS) is 16.4. The fourth-order valence-electron chi connectivity index (χ4n) is 3.30. The third kappa shape index (κ3) is 4.96. The summed E-state index contributed by atoms with van der Waals surface area (Å²) in [6.07, 6.45) is 1.00. The van der Waals surface area contributed by atoms with E-state index >= 15 is 0 Å². The van der Waals surface area contributed by atoms with Crippen molar-refractivity contribution in [1.82, 2.24) is 5.32 Å². The topological polar surface area (TPSA) is 94.2 Å². The van der Waals surface area contributed by atoms with Gasteiger partial charge < -0.3 is 19.5 Å². The van der Waals surface area contributed by atoms with Crippen molar-refractivity contribution in [2.75, 3.05) is 30.8 Å². The van der Waals surface area contributed by atoms with Gasteiger partial charge >= 0.3 is 0 Å². The number of hydrogen-bond donors (Lipinski definition) is 1. The molecule has 9 heteroatoms. The number of nitrogens with zero attached hydrogens (tertiary/aromatic N) is 1. The van der Waals surface area contributed by atoms with E-state index in [9.17, 15) is 13.2 Å². The number of nitrogens with one attached hydrogen (secondary N) is 1. The molecular weight excluding hydrogens is 408 g/mol. The number of carbonyl (C=O) groups is 1. The van der Waals surface area contributed by atoms with E-state index in [1.165, 1.54) is 7.11 Å². The zero-order chi connectivity index (χ0) is 21.7. The van der Waals surface area contributed by atoms with E-state index in [4.69, 9.17) is 14.2 Å². The molecule has 162 valence electrons. The second kappa shape index (κ2) is 9.25. The van der Waals surface area contributed by atoms with E-state index in [2.05, 4.69) is 5.32 Å². The molecule has 0 saturated carbocycles. The second-order valence-electron chi connectivity index (χ2n) is 6.93. The Kier molecular flexibility index (Phi) is 6.71. The van der Waals surface area contributed by atoms with Gasteiger partial charge in [-0.15, -0.1) is 0 Å². The summed E-state index contributed by atoms with van der Waals surface area (Å²) in [4.78, 5) is 12.9. The van der Waals surface area contributed by atoms with E-state index in [1.54, 1.807) is 37.3 Å². The van der Waals surface area contributed by atoms with Crippen LogP contribution in [0.5, 0.6) is 17.2 Å². The number of benzene rings is 2. The molecular formula is C21H26N2O6S. The number of hydrogen-bond acceptors (Lipinski definition) is 6. The third-order valence-corrected chi connectivity index (χ3v) is 5.89. The first-order chi connectivity index (χ1) is 14.3. The molecule has 2 aromatic carbocycles. The summed E-state index contributed by atoms with van der Waals surface area (Å²) in [5, 5.41) is 2.80. The van der Waals surface area contributed by atoms with E-state index in [0.29, 0.717) is 36.0 Å². The maximum Gasteiger partial charge on any atom is 0.244 e. The lowest BCUT2D eigenvalue weighted by atomic mass is 10.1. The Bertz CT molecular complexity index is 994. The molecule has 30 heavy (non-hydrogen) atoms. The Labute approximate surface area is 176 Å². The van der Waals surface area contributed by atoms with Crippen molar-refractivity contribution in [3.63, 3.8) is 0 Å². The largest absolute Gasteiger partial charge is 0.497 e. The molecule has 0 fully saturated rings. The van der Waals surface area contributed by atoms with Gasteiger partial charge in [-0.1, -0.05) is 25.1 Å². The molecule has 8 nitrogen and oxygen atoms in total. The smallest absolute Gasteiger partial charge is 0.244 e. The minimum Gasteiger partial charge on any atom is -0.497 e. The number of amides is 1. The first-order valence-electron chi connectivity index (χ1n) is 9.63. The van der Waals surface area contributed by atoms with Gasteiger partial charge in [0.2, 0.25) is 15.9 Å². The monoisotopic (exact) mass is 434 g/mol. The number of sulfonamides is 1. The molecule has 1 amide bonds. The minimum atomic E-state index is -3.72. The van der Waals surface area contributed by atoms with Crippen LogP contribution in [0.15, 0.2) is 48.5 Å². The molecule has 0 unspecified atom stereocenters. The summed E-state index contributed by atoms with van der Waals surface area (Å²) >= 11 is 0. The Balaban J connectivity index is 1.73. The molecule has 0 aromatic heterocycles. The summed E-state index contributed by atoms with van der Waals surface area (Å²) in [6.45, 7) is 2.25. The van der Waals surface area contributed by atoms with Crippen LogP contribution in [0, 0.1) is 0 Å². The lowest BCUT2D eigenvalue weighted by Crippen LogP contribution is -2.51. The molecule has 1 heterocycles. The molecule has 0 aliphatic carbocycles. The van der Waals surface area contributed by atoms with Gasteiger partial charge in [-0.05, 0) is 30.7 Å². The van der Waals surface area contributed by atoms with Gasteiger partial charge in [0.25, 0.3) is 0 Å². The lowest BCUT2D eigenvalue weighted by Gasteiger charge is -2.31. The Hall–Kier alpha value is -2.94. The van der Waals surface area contributed by atoms with Crippen molar-refractivity contribution in [2.45, 2.75) is 25.5 Å². The van der Waals surface area contributed by atoms with E-state index < -0.39 is 22.0 Å². The van der Waals surface area contributed by atoms with Gasteiger partial charge in [0.15, 0.2) is 11.5 Å². The van der Waals surface area contributed by atoms with E-state index in [1.807, 2.05) is 18.2 Å². The van der Waals surface area contributed by atoms with Gasteiger partial charge in [-0.2, -0.15) is 0 Å². The van der Waals surface area contributed by atoms with Crippen molar-refractivity contribution >= 4 is 21.6 Å². The molecule has 0 bridgehead atoms. The van der Waals surface area contributed by atoms with Gasteiger partial charge in [0.1, 0.15) is 24.5 Å². The molecule has 2 aromatic rings. The molecule has 0 saturated heterocycles. The van der Waals surface area contributed by atoms with Crippen LogP contribution in [0.4, 0.5) is 5.69 Å². The summed E-state index contributed by atoms with van der Waals surface area (Å²) in [5.74, 6) is 1.37. The molecule has 0 spiro atoms. The third-order valence-electron chi connectivity index (χ3n) is 4.71. The van der Waals surface area contributed by atoms with Crippen molar-refractivity contribution < 1.29 is 27.4 Å². The zero-order valence-corrected chi connectivity index (χ0v) is 18.0. The lowest BCUT2D eigenvalue weighted by molar-refractivity contribution is -0.122. The van der Waals surface area contributed by atoms with E-state index in [-0.39, 0.29) is 12.6 Å². The highest BCUT2D eigenvalue weighted by Gasteiger charge is 2.32. The van der Waals surface area contributed by atoms with Crippen LogP contribution in [0.1, 0.15) is 13.3 Å². The average Bonchev–Trinajstić information content (AvgIpc) is 2.74. The average molecular weight is 435 g/mol. The highest BCUT2D eigenvalue weighted by atomic mass is 32.2. The van der Waals surface area contributed by atoms with E-state index in [0.717, 1.165) is 10.6 Å². The van der Waals surface area contributed by atoms with Crippen molar-refractivity contribution in [2.24, 2.45) is 0 Å².